The van der Waals surface area contributed by atoms with Crippen molar-refractivity contribution in [1.29, 1.82) is 0 Å². The second kappa shape index (κ2) is 4.63. The number of hydrogen-bond donors (Lipinski definition) is 0. The van der Waals surface area contributed by atoms with Gasteiger partial charge in [-0.2, -0.15) is 0 Å². The standard InChI is InChI=1S/C16H14INO3/c17-9-2-4-10(5-3-9)18-15(20)13-8-1-6-11(12(19)7-8)14(13)16(18)21/h2-5,8,11,13-14H,1,6-7H2/t8-,11+,13+,14-/m0/s1. The number of nitrogens with zero attached hydrogens (tertiary/aromatic N) is 1. The molecule has 2 bridgehead atoms. The number of Topliss-reactive ketones (excluding diaryl/α,β-unsaturated/α-hetero) is 1. The molecule has 0 aromatic heterocycles. The third kappa shape index (κ3) is 1.82. The van der Waals surface area contributed by atoms with E-state index < -0.39 is 5.92 Å². The number of hydrogen-bond acceptors (Lipinski definition) is 3. The van der Waals surface area contributed by atoms with Crippen LogP contribution in [0.1, 0.15) is 19.3 Å². The van der Waals surface area contributed by atoms with Gasteiger partial charge in [0.05, 0.1) is 17.5 Å². The normalized spacial score (nSPS) is 34.5. The van der Waals surface area contributed by atoms with Crippen molar-refractivity contribution in [3.63, 3.8) is 0 Å². The van der Waals surface area contributed by atoms with E-state index in [0.29, 0.717) is 12.1 Å². The Morgan fingerprint density at radius 2 is 1.62 bits per heavy atom. The van der Waals surface area contributed by atoms with Crippen LogP contribution in [0.4, 0.5) is 5.69 Å². The van der Waals surface area contributed by atoms with Gasteiger partial charge in [-0.1, -0.05) is 0 Å². The summed E-state index contributed by atoms with van der Waals surface area (Å²) in [5.74, 6) is -0.937. The summed E-state index contributed by atoms with van der Waals surface area (Å²) in [7, 11) is 0. The molecule has 1 aliphatic heterocycles. The molecule has 4 nitrogen and oxygen atoms in total. The van der Waals surface area contributed by atoms with Crippen molar-refractivity contribution in [3.05, 3.63) is 27.8 Å². The molecule has 1 saturated heterocycles. The molecule has 0 N–H and O–H groups in total. The van der Waals surface area contributed by atoms with Gasteiger partial charge in [0.1, 0.15) is 5.78 Å². The first-order valence-electron chi connectivity index (χ1n) is 7.24. The number of imide groups is 1. The molecule has 2 amide bonds. The van der Waals surface area contributed by atoms with E-state index in [9.17, 15) is 14.4 Å². The maximum absolute atomic E-state index is 12.7. The van der Waals surface area contributed by atoms with Gasteiger partial charge in [0.2, 0.25) is 11.8 Å². The SMILES string of the molecule is O=C1C[C@@H]2CC[C@H]1[C@@H]1C(=O)N(c3ccc(I)cc3)C(=O)[C@H]21. The zero-order valence-electron chi connectivity index (χ0n) is 11.3. The van der Waals surface area contributed by atoms with Crippen molar-refractivity contribution >= 4 is 45.9 Å². The van der Waals surface area contributed by atoms with Gasteiger partial charge in [-0.15, -0.1) is 0 Å². The van der Waals surface area contributed by atoms with Crippen LogP contribution in [0.2, 0.25) is 0 Å². The molecule has 108 valence electrons. The van der Waals surface area contributed by atoms with Crippen LogP contribution in [0.25, 0.3) is 0 Å². The Bertz CT molecular complexity index is 654. The summed E-state index contributed by atoms with van der Waals surface area (Å²) in [6.07, 6.45) is 2.15. The van der Waals surface area contributed by atoms with Gasteiger partial charge < -0.3 is 0 Å². The van der Waals surface area contributed by atoms with E-state index in [2.05, 4.69) is 22.6 Å². The first kappa shape index (κ1) is 13.4. The highest BCUT2D eigenvalue weighted by Crippen LogP contribution is 2.52. The number of amides is 2. The average molecular weight is 395 g/mol. The Labute approximate surface area is 136 Å². The molecule has 21 heavy (non-hydrogen) atoms. The fourth-order valence-corrected chi connectivity index (χ4v) is 4.59. The van der Waals surface area contributed by atoms with E-state index >= 15 is 0 Å². The Hall–Kier alpha value is -1.24. The van der Waals surface area contributed by atoms with Crippen LogP contribution in [0.5, 0.6) is 0 Å². The van der Waals surface area contributed by atoms with Crippen molar-refractivity contribution in [3.8, 4) is 0 Å². The van der Waals surface area contributed by atoms with E-state index in [1.165, 1.54) is 4.90 Å². The van der Waals surface area contributed by atoms with Gasteiger partial charge in [0.25, 0.3) is 0 Å². The van der Waals surface area contributed by atoms with Crippen molar-refractivity contribution in [2.45, 2.75) is 19.3 Å². The average Bonchev–Trinajstić information content (AvgIpc) is 2.74. The Balaban J connectivity index is 1.75. The lowest BCUT2D eigenvalue weighted by atomic mass is 9.59. The van der Waals surface area contributed by atoms with Crippen molar-refractivity contribution < 1.29 is 14.4 Å². The molecule has 0 radical (unpaired) electrons. The first-order chi connectivity index (χ1) is 10.1. The van der Waals surface area contributed by atoms with Crippen LogP contribution in [-0.4, -0.2) is 17.6 Å². The summed E-state index contributed by atoms with van der Waals surface area (Å²) < 4.78 is 1.06. The molecule has 1 aromatic rings. The number of rotatable bonds is 1. The summed E-state index contributed by atoms with van der Waals surface area (Å²) in [4.78, 5) is 38.8. The van der Waals surface area contributed by atoms with Crippen molar-refractivity contribution in [2.75, 3.05) is 4.90 Å². The van der Waals surface area contributed by atoms with Crippen LogP contribution < -0.4 is 4.90 Å². The molecule has 4 atom stereocenters. The molecule has 5 heteroatoms. The summed E-state index contributed by atoms with van der Waals surface area (Å²) in [5, 5.41) is 0. The molecule has 1 aromatic carbocycles. The fourth-order valence-electron chi connectivity index (χ4n) is 4.23. The lowest BCUT2D eigenvalue weighted by Gasteiger charge is -2.41. The number of carbonyl (C=O) groups is 3. The largest absolute Gasteiger partial charge is 0.299 e. The number of anilines is 1. The van der Waals surface area contributed by atoms with E-state index in [1.807, 2.05) is 12.1 Å². The van der Waals surface area contributed by atoms with Gasteiger partial charge in [-0.25, -0.2) is 0 Å². The zero-order valence-corrected chi connectivity index (χ0v) is 13.4. The first-order valence-corrected chi connectivity index (χ1v) is 8.32. The summed E-state index contributed by atoms with van der Waals surface area (Å²) in [6.45, 7) is 0. The molecule has 1 heterocycles. The number of halogens is 1. The predicted octanol–water partition coefficient (Wildman–Crippen LogP) is 2.40. The lowest BCUT2D eigenvalue weighted by molar-refractivity contribution is -0.143. The molecule has 3 saturated carbocycles. The number of fused-ring (bicyclic) bond motifs is 2. The molecular formula is C16H14INO3. The third-order valence-electron chi connectivity index (χ3n) is 5.15. The van der Waals surface area contributed by atoms with Gasteiger partial charge in [0, 0.05) is 15.9 Å². The van der Waals surface area contributed by atoms with E-state index in [-0.39, 0.29) is 35.4 Å². The van der Waals surface area contributed by atoms with Crippen molar-refractivity contribution in [1.82, 2.24) is 0 Å². The minimum absolute atomic E-state index is 0.0674. The minimum atomic E-state index is -0.406. The minimum Gasteiger partial charge on any atom is -0.299 e. The summed E-state index contributed by atoms with van der Waals surface area (Å²) in [5.41, 5.74) is 0.631. The fraction of sp³-hybridized carbons (Fsp3) is 0.438. The maximum atomic E-state index is 12.7. The van der Waals surface area contributed by atoms with Crippen molar-refractivity contribution in [2.24, 2.45) is 23.7 Å². The zero-order chi connectivity index (χ0) is 14.7. The number of ketones is 1. The van der Waals surface area contributed by atoms with E-state index in [0.717, 1.165) is 16.4 Å². The molecule has 5 rings (SSSR count). The second-order valence-corrected chi connectivity index (χ2v) is 7.40. The van der Waals surface area contributed by atoms with Gasteiger partial charge in [-0.3, -0.25) is 19.3 Å². The molecule has 4 aliphatic rings. The van der Waals surface area contributed by atoms with Gasteiger partial charge >= 0.3 is 0 Å². The quantitative estimate of drug-likeness (QED) is 0.542. The molecule has 0 spiro atoms. The highest BCUT2D eigenvalue weighted by atomic mass is 127. The molecule has 0 unspecified atom stereocenters. The maximum Gasteiger partial charge on any atom is 0.238 e. The van der Waals surface area contributed by atoms with Crippen LogP contribution in [0.15, 0.2) is 24.3 Å². The van der Waals surface area contributed by atoms with E-state index in [1.54, 1.807) is 12.1 Å². The highest BCUT2D eigenvalue weighted by Gasteiger charge is 2.60. The lowest BCUT2D eigenvalue weighted by Crippen LogP contribution is -2.46. The molecular weight excluding hydrogens is 381 g/mol. The monoisotopic (exact) mass is 395 g/mol. The van der Waals surface area contributed by atoms with Crippen LogP contribution in [0, 0.1) is 27.2 Å². The third-order valence-corrected chi connectivity index (χ3v) is 5.87. The molecule has 4 fully saturated rings. The van der Waals surface area contributed by atoms with Crippen LogP contribution in [-0.2, 0) is 14.4 Å². The number of carbonyl (C=O) groups excluding carboxylic acids is 3. The summed E-state index contributed by atoms with van der Waals surface area (Å²) in [6, 6.07) is 7.38. The van der Waals surface area contributed by atoms with Crippen LogP contribution >= 0.6 is 22.6 Å². The second-order valence-electron chi connectivity index (χ2n) is 6.15. The van der Waals surface area contributed by atoms with Gasteiger partial charge in [0.15, 0.2) is 0 Å². The smallest absolute Gasteiger partial charge is 0.238 e. The molecule has 3 aliphatic carbocycles. The van der Waals surface area contributed by atoms with E-state index in [4.69, 9.17) is 0 Å². The Morgan fingerprint density at radius 1 is 0.952 bits per heavy atom. The van der Waals surface area contributed by atoms with Gasteiger partial charge in [-0.05, 0) is 65.6 Å². The Morgan fingerprint density at radius 3 is 2.29 bits per heavy atom. The predicted molar refractivity (Wildman–Crippen MR) is 84.5 cm³/mol. The Kier molecular flexibility index (Phi) is 2.96. The highest BCUT2D eigenvalue weighted by molar-refractivity contribution is 14.1. The number of benzene rings is 1. The van der Waals surface area contributed by atoms with Crippen LogP contribution in [0.3, 0.4) is 0 Å². The topological polar surface area (TPSA) is 54.5 Å². The summed E-state index contributed by atoms with van der Waals surface area (Å²) >= 11 is 2.19.